The van der Waals surface area contributed by atoms with E-state index in [-0.39, 0.29) is 5.56 Å². The van der Waals surface area contributed by atoms with E-state index in [2.05, 4.69) is 0 Å². The Morgan fingerprint density at radius 1 is 1.05 bits per heavy atom. The first-order chi connectivity index (χ1) is 9.43. The molecule has 0 aromatic heterocycles. The van der Waals surface area contributed by atoms with Gasteiger partial charge in [0.25, 0.3) is 0 Å². The van der Waals surface area contributed by atoms with Gasteiger partial charge < -0.3 is 10.5 Å². The van der Waals surface area contributed by atoms with Gasteiger partial charge in [0, 0.05) is 23.3 Å². The van der Waals surface area contributed by atoms with Crippen molar-refractivity contribution < 1.29 is 17.9 Å². The second-order valence-corrected chi connectivity index (χ2v) is 4.51. The Morgan fingerprint density at radius 3 is 2.20 bits per heavy atom. The van der Waals surface area contributed by atoms with Crippen LogP contribution in [0.2, 0.25) is 0 Å². The minimum Gasteiger partial charge on any atom is -0.496 e. The molecule has 2 aromatic rings. The van der Waals surface area contributed by atoms with E-state index in [4.69, 9.17) is 10.5 Å². The third-order valence-corrected chi connectivity index (χ3v) is 3.08. The number of aryl methyl sites for hydroxylation is 1. The van der Waals surface area contributed by atoms with E-state index >= 15 is 0 Å². The molecular weight excluding hydrogens is 267 g/mol. The molecule has 0 fully saturated rings. The summed E-state index contributed by atoms with van der Waals surface area (Å²) >= 11 is 0. The predicted molar refractivity (Wildman–Crippen MR) is 70.1 cm³/mol. The normalized spacial score (nSPS) is 12.3. The highest BCUT2D eigenvalue weighted by Gasteiger charge is 2.22. The Balaban J connectivity index is 2.57. The van der Waals surface area contributed by atoms with Crippen molar-refractivity contribution in [3.05, 3.63) is 64.5 Å². The van der Waals surface area contributed by atoms with Crippen molar-refractivity contribution in [2.45, 2.75) is 13.0 Å². The fourth-order valence-corrected chi connectivity index (χ4v) is 2.10. The molecule has 1 unspecified atom stereocenters. The number of nitrogens with two attached hydrogens (primary N) is 1. The van der Waals surface area contributed by atoms with Crippen LogP contribution < -0.4 is 10.5 Å². The molecule has 0 saturated heterocycles. The molecule has 106 valence electrons. The first kappa shape index (κ1) is 14.4. The summed E-state index contributed by atoms with van der Waals surface area (Å²) < 4.78 is 45.7. The summed E-state index contributed by atoms with van der Waals surface area (Å²) in [5, 5.41) is 0. The van der Waals surface area contributed by atoms with E-state index in [1.165, 1.54) is 7.11 Å². The maximum absolute atomic E-state index is 13.8. The lowest BCUT2D eigenvalue weighted by Crippen LogP contribution is -2.17. The fourth-order valence-electron chi connectivity index (χ4n) is 2.10. The molecule has 0 aliphatic carbocycles. The lowest BCUT2D eigenvalue weighted by atomic mass is 9.96. The summed E-state index contributed by atoms with van der Waals surface area (Å²) in [6.45, 7) is 1.83. The van der Waals surface area contributed by atoms with Gasteiger partial charge >= 0.3 is 0 Å². The number of rotatable bonds is 3. The molecule has 5 heteroatoms. The Kier molecular flexibility index (Phi) is 3.99. The van der Waals surface area contributed by atoms with Crippen molar-refractivity contribution in [1.29, 1.82) is 0 Å². The molecule has 0 saturated carbocycles. The van der Waals surface area contributed by atoms with Crippen LogP contribution >= 0.6 is 0 Å². The van der Waals surface area contributed by atoms with Crippen LogP contribution in [0, 0.1) is 24.4 Å². The van der Waals surface area contributed by atoms with Crippen LogP contribution in [-0.2, 0) is 0 Å². The van der Waals surface area contributed by atoms with Gasteiger partial charge in [-0.1, -0.05) is 17.7 Å². The lowest BCUT2D eigenvalue weighted by molar-refractivity contribution is 0.406. The number of hydrogen-bond donors (Lipinski definition) is 1. The maximum Gasteiger partial charge on any atom is 0.134 e. The van der Waals surface area contributed by atoms with Gasteiger partial charge in [-0.25, -0.2) is 13.2 Å². The van der Waals surface area contributed by atoms with Crippen LogP contribution in [0.15, 0.2) is 30.3 Å². The average molecular weight is 281 g/mol. The maximum atomic E-state index is 13.8. The van der Waals surface area contributed by atoms with Crippen molar-refractivity contribution in [2.75, 3.05) is 7.11 Å². The summed E-state index contributed by atoms with van der Waals surface area (Å²) in [5.74, 6) is -2.59. The second-order valence-electron chi connectivity index (χ2n) is 4.51. The summed E-state index contributed by atoms with van der Waals surface area (Å²) in [7, 11) is 1.44. The van der Waals surface area contributed by atoms with Gasteiger partial charge in [-0.15, -0.1) is 0 Å². The molecule has 0 aliphatic heterocycles. The molecule has 2 aromatic carbocycles. The van der Waals surface area contributed by atoms with E-state index in [0.29, 0.717) is 23.4 Å². The summed E-state index contributed by atoms with van der Waals surface area (Å²) in [5.41, 5.74) is 6.87. The predicted octanol–water partition coefficient (Wildman–Crippen LogP) is 3.47. The van der Waals surface area contributed by atoms with Crippen LogP contribution in [0.1, 0.15) is 22.7 Å². The van der Waals surface area contributed by atoms with Crippen LogP contribution in [0.5, 0.6) is 5.75 Å². The van der Waals surface area contributed by atoms with Crippen LogP contribution in [-0.4, -0.2) is 7.11 Å². The number of benzene rings is 2. The summed E-state index contributed by atoms with van der Waals surface area (Å²) in [4.78, 5) is 0. The van der Waals surface area contributed by atoms with Gasteiger partial charge in [0.15, 0.2) is 0 Å². The molecule has 0 aliphatic rings. The number of methoxy groups -OCH3 is 1. The summed E-state index contributed by atoms with van der Waals surface area (Å²) in [6, 6.07) is 5.30. The van der Waals surface area contributed by atoms with Crippen LogP contribution in [0.4, 0.5) is 13.2 Å². The Labute approximate surface area is 115 Å². The second kappa shape index (κ2) is 5.54. The Hall–Kier alpha value is -2.01. The molecule has 0 radical (unpaired) electrons. The molecule has 0 amide bonds. The largest absolute Gasteiger partial charge is 0.496 e. The molecule has 2 rings (SSSR count). The highest BCUT2D eigenvalue weighted by molar-refractivity contribution is 5.44. The van der Waals surface area contributed by atoms with Crippen LogP contribution in [0.3, 0.4) is 0 Å². The van der Waals surface area contributed by atoms with Crippen molar-refractivity contribution >= 4 is 0 Å². The molecule has 2 N–H and O–H groups in total. The topological polar surface area (TPSA) is 35.2 Å². The smallest absolute Gasteiger partial charge is 0.134 e. The number of ether oxygens (including phenoxy) is 1. The fraction of sp³-hybridized carbons (Fsp3) is 0.200. The van der Waals surface area contributed by atoms with Crippen molar-refractivity contribution in [1.82, 2.24) is 0 Å². The molecule has 0 spiro atoms. The van der Waals surface area contributed by atoms with Gasteiger partial charge in [-0.05, 0) is 13.0 Å². The zero-order valence-electron chi connectivity index (χ0n) is 11.1. The van der Waals surface area contributed by atoms with Gasteiger partial charge in [-0.3, -0.25) is 0 Å². The zero-order valence-corrected chi connectivity index (χ0v) is 11.1. The van der Waals surface area contributed by atoms with Crippen molar-refractivity contribution in [3.63, 3.8) is 0 Å². The van der Waals surface area contributed by atoms with E-state index in [0.717, 1.165) is 5.56 Å². The molecule has 2 nitrogen and oxygen atoms in total. The first-order valence-corrected chi connectivity index (χ1v) is 5.98. The van der Waals surface area contributed by atoms with Crippen LogP contribution in [0.25, 0.3) is 0 Å². The van der Waals surface area contributed by atoms with E-state index in [1.54, 1.807) is 18.2 Å². The third-order valence-electron chi connectivity index (χ3n) is 3.08. The highest BCUT2D eigenvalue weighted by Crippen LogP contribution is 2.32. The Bertz CT molecular complexity index is 620. The minimum absolute atomic E-state index is 0.379. The zero-order chi connectivity index (χ0) is 14.9. The average Bonchev–Trinajstić information content (AvgIpc) is 2.37. The monoisotopic (exact) mass is 281 g/mol. The molecule has 1 atom stereocenters. The summed E-state index contributed by atoms with van der Waals surface area (Å²) in [6.07, 6.45) is 0. The molecule has 20 heavy (non-hydrogen) atoms. The van der Waals surface area contributed by atoms with E-state index in [1.807, 2.05) is 6.92 Å². The lowest BCUT2D eigenvalue weighted by Gasteiger charge is -2.18. The standard InChI is InChI=1S/C15H14F3NO/c1-8-3-4-13(20-2)10(5-8)15(19)14-11(17)6-9(16)7-12(14)18/h3-7,15H,19H2,1-2H3. The highest BCUT2D eigenvalue weighted by atomic mass is 19.1. The van der Waals surface area contributed by atoms with Crippen molar-refractivity contribution in [3.8, 4) is 5.75 Å². The quantitative estimate of drug-likeness (QED) is 0.935. The minimum atomic E-state index is -1.08. The van der Waals surface area contributed by atoms with Gasteiger partial charge in [-0.2, -0.15) is 0 Å². The Morgan fingerprint density at radius 2 is 1.65 bits per heavy atom. The van der Waals surface area contributed by atoms with Gasteiger partial charge in [0.05, 0.1) is 13.2 Å². The van der Waals surface area contributed by atoms with E-state index < -0.39 is 23.5 Å². The van der Waals surface area contributed by atoms with Gasteiger partial charge in [0.2, 0.25) is 0 Å². The molecular formula is C15H14F3NO. The van der Waals surface area contributed by atoms with E-state index in [9.17, 15) is 13.2 Å². The number of hydrogen-bond acceptors (Lipinski definition) is 2. The number of halogens is 3. The third kappa shape index (κ3) is 2.63. The molecule has 0 bridgehead atoms. The van der Waals surface area contributed by atoms with Gasteiger partial charge in [0.1, 0.15) is 23.2 Å². The molecule has 0 heterocycles. The SMILES string of the molecule is COc1ccc(C)cc1C(N)c1c(F)cc(F)cc1F. The first-order valence-electron chi connectivity index (χ1n) is 5.98. The van der Waals surface area contributed by atoms with Crippen molar-refractivity contribution in [2.24, 2.45) is 5.73 Å².